The van der Waals surface area contributed by atoms with Crippen LogP contribution < -0.4 is 0 Å². The smallest absolute Gasteiger partial charge is 0.247 e. The van der Waals surface area contributed by atoms with Crippen LogP contribution >= 0.6 is 0 Å². The highest BCUT2D eigenvalue weighted by molar-refractivity contribution is 5.91. The molecule has 0 radical (unpaired) electrons. The van der Waals surface area contributed by atoms with E-state index in [1.54, 1.807) is 18.4 Å². The number of amides is 1. The summed E-state index contributed by atoms with van der Waals surface area (Å²) in [7, 11) is 2.01. The number of nitrogens with zero attached hydrogens (tertiary/aromatic N) is 3. The molecule has 0 aromatic carbocycles. The number of carbonyl (C=O) groups is 1. The Labute approximate surface area is 148 Å². The minimum Gasteiger partial charge on any atom is -0.465 e. The van der Waals surface area contributed by atoms with Crippen molar-refractivity contribution in [3.8, 4) is 0 Å². The van der Waals surface area contributed by atoms with E-state index in [1.165, 1.54) is 31.4 Å². The first-order valence-electron chi connectivity index (χ1n) is 9.26. The van der Waals surface area contributed by atoms with Crippen LogP contribution in [-0.2, 0) is 18.4 Å². The monoisotopic (exact) mass is 339 g/mol. The minimum atomic E-state index is 0.0434. The van der Waals surface area contributed by atoms with Gasteiger partial charge in [-0.15, -0.1) is 0 Å². The van der Waals surface area contributed by atoms with E-state index >= 15 is 0 Å². The molecule has 2 aliphatic carbocycles. The molecule has 1 amide bonds. The molecule has 2 saturated carbocycles. The van der Waals surface area contributed by atoms with Gasteiger partial charge in [-0.05, 0) is 50.0 Å². The summed E-state index contributed by atoms with van der Waals surface area (Å²) in [6.07, 6.45) is 12.1. The zero-order valence-electron chi connectivity index (χ0n) is 14.7. The number of aromatic nitrogens is 2. The molecule has 25 heavy (non-hydrogen) atoms. The van der Waals surface area contributed by atoms with Crippen LogP contribution in [0.15, 0.2) is 35.0 Å². The SMILES string of the molecule is Cn1nc(CN(C(=O)C=Cc2ccco2)C2CCCC2)cc1C1CC1. The number of carbonyl (C=O) groups excluding carboxylic acids is 1. The maximum absolute atomic E-state index is 12.8. The number of rotatable bonds is 6. The van der Waals surface area contributed by atoms with Crippen molar-refractivity contribution in [3.05, 3.63) is 47.7 Å². The van der Waals surface area contributed by atoms with Crippen molar-refractivity contribution in [1.29, 1.82) is 0 Å². The summed E-state index contributed by atoms with van der Waals surface area (Å²) >= 11 is 0. The second kappa shape index (κ2) is 6.90. The predicted molar refractivity (Wildman–Crippen MR) is 95.7 cm³/mol. The summed E-state index contributed by atoms with van der Waals surface area (Å²) in [5.41, 5.74) is 2.30. The summed E-state index contributed by atoms with van der Waals surface area (Å²) in [6, 6.07) is 6.18. The van der Waals surface area contributed by atoms with E-state index in [4.69, 9.17) is 4.42 Å². The van der Waals surface area contributed by atoms with Gasteiger partial charge in [-0.2, -0.15) is 5.10 Å². The average Bonchev–Trinajstić information content (AvgIpc) is 3.03. The molecule has 2 aliphatic rings. The number of hydrogen-bond acceptors (Lipinski definition) is 3. The molecule has 5 heteroatoms. The van der Waals surface area contributed by atoms with Gasteiger partial charge in [0.25, 0.3) is 0 Å². The fourth-order valence-electron chi connectivity index (χ4n) is 3.79. The molecule has 2 heterocycles. The van der Waals surface area contributed by atoms with Gasteiger partial charge in [0.05, 0.1) is 18.5 Å². The molecule has 0 bridgehead atoms. The largest absolute Gasteiger partial charge is 0.465 e. The van der Waals surface area contributed by atoms with E-state index in [2.05, 4.69) is 11.2 Å². The molecule has 0 saturated heterocycles. The van der Waals surface area contributed by atoms with Gasteiger partial charge in [0.15, 0.2) is 0 Å². The average molecular weight is 339 g/mol. The Kier molecular flexibility index (Phi) is 4.47. The van der Waals surface area contributed by atoms with Gasteiger partial charge in [0.2, 0.25) is 5.91 Å². The lowest BCUT2D eigenvalue weighted by molar-refractivity contribution is -0.128. The Balaban J connectivity index is 1.51. The Hall–Kier alpha value is -2.30. The van der Waals surface area contributed by atoms with Crippen molar-refractivity contribution < 1.29 is 9.21 Å². The highest BCUT2D eigenvalue weighted by atomic mass is 16.3. The maximum Gasteiger partial charge on any atom is 0.247 e. The van der Waals surface area contributed by atoms with Crippen molar-refractivity contribution in [2.75, 3.05) is 0 Å². The van der Waals surface area contributed by atoms with Crippen molar-refractivity contribution in [2.24, 2.45) is 7.05 Å². The van der Waals surface area contributed by atoms with Crippen LogP contribution in [0.1, 0.15) is 61.6 Å². The lowest BCUT2D eigenvalue weighted by atomic mass is 10.2. The second-order valence-corrected chi connectivity index (χ2v) is 7.21. The van der Waals surface area contributed by atoms with Crippen LogP contribution in [0, 0.1) is 0 Å². The van der Waals surface area contributed by atoms with Gasteiger partial charge < -0.3 is 9.32 Å². The molecular formula is C20H25N3O2. The van der Waals surface area contributed by atoms with E-state index in [9.17, 15) is 4.79 Å². The molecule has 2 fully saturated rings. The van der Waals surface area contributed by atoms with Crippen molar-refractivity contribution in [3.63, 3.8) is 0 Å². The Morgan fingerprint density at radius 3 is 2.84 bits per heavy atom. The summed E-state index contributed by atoms with van der Waals surface area (Å²) in [6.45, 7) is 0.590. The molecule has 2 aromatic heterocycles. The zero-order valence-corrected chi connectivity index (χ0v) is 14.7. The lowest BCUT2D eigenvalue weighted by Gasteiger charge is -2.27. The third-order valence-corrected chi connectivity index (χ3v) is 5.28. The van der Waals surface area contributed by atoms with Gasteiger partial charge in [0, 0.05) is 30.8 Å². The van der Waals surface area contributed by atoms with Gasteiger partial charge in [0.1, 0.15) is 5.76 Å². The summed E-state index contributed by atoms with van der Waals surface area (Å²) in [5, 5.41) is 4.66. The van der Waals surface area contributed by atoms with Crippen LogP contribution in [0.5, 0.6) is 0 Å². The molecule has 0 aliphatic heterocycles. The second-order valence-electron chi connectivity index (χ2n) is 7.21. The van der Waals surface area contributed by atoms with Crippen LogP contribution in [-0.4, -0.2) is 26.6 Å². The lowest BCUT2D eigenvalue weighted by Crippen LogP contribution is -2.37. The number of hydrogen-bond donors (Lipinski definition) is 0. The normalized spacial score (nSPS) is 18.3. The Bertz CT molecular complexity index is 750. The topological polar surface area (TPSA) is 51.3 Å². The van der Waals surface area contributed by atoms with Crippen LogP contribution in [0.3, 0.4) is 0 Å². The molecule has 0 N–H and O–H groups in total. The molecule has 2 aromatic rings. The fourth-order valence-corrected chi connectivity index (χ4v) is 3.79. The van der Waals surface area contributed by atoms with Crippen LogP contribution in [0.25, 0.3) is 6.08 Å². The van der Waals surface area contributed by atoms with E-state index < -0.39 is 0 Å². The molecule has 0 spiro atoms. The molecule has 132 valence electrons. The Morgan fingerprint density at radius 2 is 2.16 bits per heavy atom. The van der Waals surface area contributed by atoms with Crippen LogP contribution in [0.2, 0.25) is 0 Å². The quantitative estimate of drug-likeness (QED) is 0.751. The standard InChI is InChI=1S/C20H25N3O2/c1-22-19(15-8-9-15)13-16(21-22)14-23(17-5-2-3-6-17)20(24)11-10-18-7-4-12-25-18/h4,7,10-13,15,17H,2-3,5-6,8-9,14H2,1H3. The fraction of sp³-hybridized carbons (Fsp3) is 0.500. The van der Waals surface area contributed by atoms with Crippen molar-refractivity contribution in [2.45, 2.75) is 57.0 Å². The van der Waals surface area contributed by atoms with E-state index in [0.717, 1.165) is 18.5 Å². The zero-order chi connectivity index (χ0) is 17.2. The summed E-state index contributed by atoms with van der Waals surface area (Å²) in [4.78, 5) is 14.8. The first-order chi connectivity index (χ1) is 12.2. The third-order valence-electron chi connectivity index (χ3n) is 5.28. The molecule has 0 unspecified atom stereocenters. The van der Waals surface area contributed by atoms with Gasteiger partial charge in [-0.3, -0.25) is 9.48 Å². The number of aryl methyl sites for hydroxylation is 1. The van der Waals surface area contributed by atoms with E-state index in [0.29, 0.717) is 24.3 Å². The van der Waals surface area contributed by atoms with Gasteiger partial charge in [-0.1, -0.05) is 12.8 Å². The molecule has 5 nitrogen and oxygen atoms in total. The van der Waals surface area contributed by atoms with Gasteiger partial charge >= 0.3 is 0 Å². The highest BCUT2D eigenvalue weighted by Gasteiger charge is 2.29. The number of furan rings is 1. The van der Waals surface area contributed by atoms with Crippen molar-refractivity contribution in [1.82, 2.24) is 14.7 Å². The molecular weight excluding hydrogens is 314 g/mol. The summed E-state index contributed by atoms with van der Waals surface area (Å²) < 4.78 is 7.28. The summed E-state index contributed by atoms with van der Waals surface area (Å²) in [5.74, 6) is 1.41. The van der Waals surface area contributed by atoms with E-state index in [-0.39, 0.29) is 5.91 Å². The van der Waals surface area contributed by atoms with E-state index in [1.807, 2.05) is 28.8 Å². The molecule has 0 atom stereocenters. The highest BCUT2D eigenvalue weighted by Crippen LogP contribution is 2.40. The minimum absolute atomic E-state index is 0.0434. The maximum atomic E-state index is 12.8. The van der Waals surface area contributed by atoms with Gasteiger partial charge in [-0.25, -0.2) is 0 Å². The molecule has 4 rings (SSSR count). The third kappa shape index (κ3) is 3.70. The van der Waals surface area contributed by atoms with Crippen LogP contribution in [0.4, 0.5) is 0 Å². The predicted octanol–water partition coefficient (Wildman–Crippen LogP) is 3.88. The first kappa shape index (κ1) is 16.2. The first-order valence-corrected chi connectivity index (χ1v) is 9.26. The Morgan fingerprint density at radius 1 is 1.36 bits per heavy atom. The van der Waals surface area contributed by atoms with Crippen molar-refractivity contribution >= 4 is 12.0 Å².